The second-order valence-electron chi connectivity index (χ2n) is 3.59. The van der Waals surface area contributed by atoms with Crippen molar-refractivity contribution < 1.29 is 8.42 Å². The van der Waals surface area contributed by atoms with Crippen molar-refractivity contribution in [1.82, 2.24) is 4.72 Å². The van der Waals surface area contributed by atoms with Crippen LogP contribution in [0.2, 0.25) is 0 Å². The minimum Gasteiger partial charge on any atom is -0.211 e. The van der Waals surface area contributed by atoms with Gasteiger partial charge in [-0.1, -0.05) is 12.8 Å². The normalized spacial score (nSPS) is 22.8. The van der Waals surface area contributed by atoms with Gasteiger partial charge in [0.15, 0.2) is 0 Å². The summed E-state index contributed by atoms with van der Waals surface area (Å²) in [5, 5.41) is -0.345. The van der Waals surface area contributed by atoms with E-state index in [1.54, 1.807) is 0 Å². The number of rotatable bonds is 3. The van der Waals surface area contributed by atoms with Crippen LogP contribution in [0.3, 0.4) is 0 Å². The summed E-state index contributed by atoms with van der Waals surface area (Å²) in [6.07, 6.45) is 4.04. The van der Waals surface area contributed by atoms with E-state index in [2.05, 4.69) is 4.72 Å². The zero-order chi connectivity index (χ0) is 9.24. The van der Waals surface area contributed by atoms with E-state index in [1.807, 2.05) is 6.92 Å². The van der Waals surface area contributed by atoms with Gasteiger partial charge >= 0.3 is 0 Å². The van der Waals surface area contributed by atoms with Gasteiger partial charge in [-0.25, -0.2) is 13.1 Å². The van der Waals surface area contributed by atoms with Crippen molar-refractivity contribution in [3.8, 4) is 0 Å². The summed E-state index contributed by atoms with van der Waals surface area (Å²) in [6.45, 7) is 1.93. The number of alkyl halides is 1. The first-order valence-electron chi connectivity index (χ1n) is 4.05. The van der Waals surface area contributed by atoms with Gasteiger partial charge < -0.3 is 0 Å². The van der Waals surface area contributed by atoms with E-state index >= 15 is 0 Å². The van der Waals surface area contributed by atoms with Crippen LogP contribution in [-0.2, 0) is 10.0 Å². The highest BCUT2D eigenvalue weighted by atomic mass is 35.5. The summed E-state index contributed by atoms with van der Waals surface area (Å²) in [4.78, 5) is 0. The van der Waals surface area contributed by atoms with Crippen molar-refractivity contribution >= 4 is 21.6 Å². The molecule has 12 heavy (non-hydrogen) atoms. The summed E-state index contributed by atoms with van der Waals surface area (Å²) in [5.74, 6) is 0. The molecule has 1 aliphatic carbocycles. The van der Waals surface area contributed by atoms with Crippen molar-refractivity contribution in [2.24, 2.45) is 0 Å². The van der Waals surface area contributed by atoms with Gasteiger partial charge in [0.2, 0.25) is 10.0 Å². The van der Waals surface area contributed by atoms with Crippen LogP contribution in [0.4, 0.5) is 0 Å². The van der Waals surface area contributed by atoms with Crippen molar-refractivity contribution in [3.05, 3.63) is 0 Å². The second kappa shape index (κ2) is 3.52. The molecule has 0 unspecified atom stereocenters. The van der Waals surface area contributed by atoms with Crippen molar-refractivity contribution in [3.63, 3.8) is 0 Å². The maximum atomic E-state index is 11.1. The predicted molar refractivity (Wildman–Crippen MR) is 49.6 cm³/mol. The van der Waals surface area contributed by atoms with Crippen molar-refractivity contribution in [2.75, 3.05) is 5.21 Å². The van der Waals surface area contributed by atoms with Gasteiger partial charge in [0.05, 0.1) is 0 Å². The van der Waals surface area contributed by atoms with E-state index in [0.717, 1.165) is 25.7 Å². The van der Waals surface area contributed by atoms with Crippen molar-refractivity contribution in [1.29, 1.82) is 0 Å². The smallest absolute Gasteiger partial charge is 0.211 e. The minimum absolute atomic E-state index is 0.242. The van der Waals surface area contributed by atoms with E-state index < -0.39 is 10.0 Å². The minimum atomic E-state index is -3.25. The summed E-state index contributed by atoms with van der Waals surface area (Å²) in [7, 11) is -3.25. The fourth-order valence-electron chi connectivity index (χ4n) is 1.66. The Morgan fingerprint density at radius 1 is 1.42 bits per heavy atom. The fraction of sp³-hybridized carbons (Fsp3) is 1.00. The molecule has 0 aromatic heterocycles. The maximum absolute atomic E-state index is 11.1. The first-order chi connectivity index (χ1) is 5.47. The Morgan fingerprint density at radius 2 is 1.92 bits per heavy atom. The largest absolute Gasteiger partial charge is 0.226 e. The molecule has 1 fully saturated rings. The SMILES string of the molecule is CC1(NS(=O)(=O)CCl)CCCC1. The molecule has 5 heteroatoms. The number of nitrogens with one attached hydrogen (secondary N) is 1. The average molecular weight is 212 g/mol. The standard InChI is InChI=1S/C7H14ClNO2S/c1-7(4-2-3-5-7)9-12(10,11)6-8/h9H,2-6H2,1H3. The maximum Gasteiger partial charge on any atom is 0.226 e. The first kappa shape index (κ1) is 10.3. The van der Waals surface area contributed by atoms with Gasteiger partial charge in [-0.2, -0.15) is 0 Å². The first-order valence-corrected chi connectivity index (χ1v) is 6.24. The van der Waals surface area contributed by atoms with E-state index in [1.165, 1.54) is 0 Å². The van der Waals surface area contributed by atoms with E-state index in [9.17, 15) is 8.42 Å². The van der Waals surface area contributed by atoms with Gasteiger partial charge in [0.1, 0.15) is 5.21 Å². The lowest BCUT2D eigenvalue weighted by molar-refractivity contribution is 0.429. The van der Waals surface area contributed by atoms with Crippen LogP contribution < -0.4 is 4.72 Å². The zero-order valence-corrected chi connectivity index (χ0v) is 8.71. The van der Waals surface area contributed by atoms with Gasteiger partial charge in [-0.05, 0) is 19.8 Å². The molecular formula is C7H14ClNO2S. The highest BCUT2D eigenvalue weighted by molar-refractivity contribution is 7.90. The van der Waals surface area contributed by atoms with Crippen LogP contribution in [0.5, 0.6) is 0 Å². The molecule has 0 radical (unpaired) electrons. The molecule has 0 heterocycles. The van der Waals surface area contributed by atoms with Crippen LogP contribution in [0.1, 0.15) is 32.6 Å². The quantitative estimate of drug-likeness (QED) is 0.718. The molecule has 72 valence electrons. The molecule has 0 aliphatic heterocycles. The fourth-order valence-corrected chi connectivity index (χ4v) is 2.83. The van der Waals surface area contributed by atoms with Crippen LogP contribution in [0, 0.1) is 0 Å². The molecule has 1 rings (SSSR count). The molecule has 0 amide bonds. The molecule has 0 spiro atoms. The van der Waals surface area contributed by atoms with E-state index in [0.29, 0.717) is 0 Å². The Kier molecular flexibility index (Phi) is 3.01. The summed E-state index contributed by atoms with van der Waals surface area (Å²) < 4.78 is 24.9. The number of halogens is 1. The topological polar surface area (TPSA) is 46.2 Å². The third kappa shape index (κ3) is 2.61. The average Bonchev–Trinajstić information content (AvgIpc) is 2.35. The van der Waals surface area contributed by atoms with Crippen molar-refractivity contribution in [2.45, 2.75) is 38.1 Å². The molecule has 0 saturated heterocycles. The Hall–Kier alpha value is 0.200. The van der Waals surface area contributed by atoms with Gasteiger partial charge in [-0.15, -0.1) is 11.6 Å². The molecule has 3 nitrogen and oxygen atoms in total. The van der Waals surface area contributed by atoms with Gasteiger partial charge in [0.25, 0.3) is 0 Å². The lowest BCUT2D eigenvalue weighted by Gasteiger charge is -2.23. The van der Waals surface area contributed by atoms with E-state index in [4.69, 9.17) is 11.6 Å². The number of sulfonamides is 1. The Balaban J connectivity index is 2.61. The lowest BCUT2D eigenvalue weighted by atomic mass is 10.0. The van der Waals surface area contributed by atoms with Crippen LogP contribution in [0.15, 0.2) is 0 Å². The zero-order valence-electron chi connectivity index (χ0n) is 7.14. The van der Waals surface area contributed by atoms with Crippen LogP contribution >= 0.6 is 11.6 Å². The Morgan fingerprint density at radius 3 is 2.33 bits per heavy atom. The highest BCUT2D eigenvalue weighted by Crippen LogP contribution is 2.29. The van der Waals surface area contributed by atoms with Gasteiger partial charge in [0, 0.05) is 5.54 Å². The van der Waals surface area contributed by atoms with Crippen LogP contribution in [-0.4, -0.2) is 19.2 Å². The summed E-state index contributed by atoms with van der Waals surface area (Å²) in [5.41, 5.74) is -0.242. The molecule has 0 aromatic carbocycles. The van der Waals surface area contributed by atoms with Crippen LogP contribution in [0.25, 0.3) is 0 Å². The van der Waals surface area contributed by atoms with Gasteiger partial charge in [-0.3, -0.25) is 0 Å². The molecule has 0 atom stereocenters. The summed E-state index contributed by atoms with van der Waals surface area (Å²) in [6, 6.07) is 0. The molecular weight excluding hydrogens is 198 g/mol. The highest BCUT2D eigenvalue weighted by Gasteiger charge is 2.32. The van der Waals surface area contributed by atoms with E-state index in [-0.39, 0.29) is 10.8 Å². The number of hydrogen-bond donors (Lipinski definition) is 1. The Bertz CT molecular complexity index is 244. The molecule has 1 N–H and O–H groups in total. The predicted octanol–water partition coefficient (Wildman–Crippen LogP) is 1.43. The molecule has 1 saturated carbocycles. The number of hydrogen-bond acceptors (Lipinski definition) is 2. The second-order valence-corrected chi connectivity index (χ2v) is 5.90. The monoisotopic (exact) mass is 211 g/mol. The Labute approximate surface area is 78.5 Å². The molecule has 0 bridgehead atoms. The third-order valence-corrected chi connectivity index (χ3v) is 4.21. The summed E-state index contributed by atoms with van der Waals surface area (Å²) >= 11 is 5.28. The third-order valence-electron chi connectivity index (χ3n) is 2.25. The molecule has 1 aliphatic rings. The lowest BCUT2D eigenvalue weighted by Crippen LogP contribution is -2.43. The molecule has 0 aromatic rings.